The second kappa shape index (κ2) is 5.92. The van der Waals surface area contributed by atoms with Crippen LogP contribution in [0.15, 0.2) is 36.4 Å². The first-order valence-corrected chi connectivity index (χ1v) is 6.03. The molecule has 8 heteroatoms. The number of phenols is 3. The number of carboxylic acid groups (broad SMARTS) is 1. The molecular weight excluding hydrogens is 292 g/mol. The molecule has 0 atom stereocenters. The van der Waals surface area contributed by atoms with Crippen LogP contribution >= 0.6 is 0 Å². The molecule has 0 unspecified atom stereocenters. The van der Waals surface area contributed by atoms with Crippen molar-refractivity contribution in [2.45, 2.75) is 0 Å². The number of anilines is 2. The van der Waals surface area contributed by atoms with Crippen molar-refractivity contribution in [2.24, 2.45) is 0 Å². The van der Waals surface area contributed by atoms with Gasteiger partial charge in [-0.3, -0.25) is 0 Å². The second-order valence-corrected chi connectivity index (χ2v) is 4.32. The lowest BCUT2D eigenvalue weighted by Crippen LogP contribution is -2.19. The third-order valence-electron chi connectivity index (χ3n) is 2.72. The molecule has 114 valence electrons. The summed E-state index contributed by atoms with van der Waals surface area (Å²) in [6.45, 7) is 0. The predicted molar refractivity (Wildman–Crippen MR) is 77.5 cm³/mol. The second-order valence-electron chi connectivity index (χ2n) is 4.32. The minimum atomic E-state index is -1.08. The quantitative estimate of drug-likeness (QED) is 0.379. The van der Waals surface area contributed by atoms with E-state index in [9.17, 15) is 24.9 Å². The van der Waals surface area contributed by atoms with E-state index < -0.39 is 29.2 Å². The van der Waals surface area contributed by atoms with Crippen LogP contribution in [0.25, 0.3) is 0 Å². The molecule has 22 heavy (non-hydrogen) atoms. The van der Waals surface area contributed by atoms with Crippen molar-refractivity contribution in [1.82, 2.24) is 0 Å². The Morgan fingerprint density at radius 3 is 1.82 bits per heavy atom. The monoisotopic (exact) mass is 304 g/mol. The molecule has 2 amide bonds. The third kappa shape index (κ3) is 3.37. The van der Waals surface area contributed by atoms with Crippen LogP contribution in [0.5, 0.6) is 17.2 Å². The number of nitrogens with one attached hydrogen (secondary N) is 2. The van der Waals surface area contributed by atoms with Crippen LogP contribution in [0.2, 0.25) is 0 Å². The molecule has 2 rings (SSSR count). The maximum atomic E-state index is 11.7. The number of amides is 2. The molecule has 0 spiro atoms. The lowest BCUT2D eigenvalue weighted by Gasteiger charge is -2.09. The van der Waals surface area contributed by atoms with Crippen LogP contribution in [-0.2, 0) is 0 Å². The molecule has 0 aromatic heterocycles. The van der Waals surface area contributed by atoms with Crippen LogP contribution in [0.4, 0.5) is 16.2 Å². The first kappa shape index (κ1) is 15.0. The summed E-state index contributed by atoms with van der Waals surface area (Å²) in [5.41, 5.74) is 0.501. The Bertz CT molecular complexity index is 704. The molecule has 0 heterocycles. The molecule has 8 nitrogen and oxygen atoms in total. The topological polar surface area (TPSA) is 139 Å². The van der Waals surface area contributed by atoms with Gasteiger partial charge in [-0.15, -0.1) is 0 Å². The van der Waals surface area contributed by atoms with Crippen molar-refractivity contribution in [3.8, 4) is 17.2 Å². The van der Waals surface area contributed by atoms with Gasteiger partial charge < -0.3 is 31.1 Å². The molecule has 0 bridgehead atoms. The van der Waals surface area contributed by atoms with E-state index >= 15 is 0 Å². The summed E-state index contributed by atoms with van der Waals surface area (Å²) in [7, 11) is 0. The Morgan fingerprint density at radius 2 is 1.32 bits per heavy atom. The van der Waals surface area contributed by atoms with E-state index in [0.29, 0.717) is 5.69 Å². The predicted octanol–water partition coefficient (Wildman–Crippen LogP) is 2.15. The zero-order valence-electron chi connectivity index (χ0n) is 11.1. The summed E-state index contributed by atoms with van der Waals surface area (Å²) >= 11 is 0. The number of carboxylic acids is 1. The number of hydrogen-bond acceptors (Lipinski definition) is 5. The lowest BCUT2D eigenvalue weighted by atomic mass is 10.2. The number of aromatic hydroxyl groups is 3. The van der Waals surface area contributed by atoms with Crippen molar-refractivity contribution in [1.29, 1.82) is 0 Å². The van der Waals surface area contributed by atoms with E-state index in [1.165, 1.54) is 24.3 Å². The normalized spacial score (nSPS) is 10.0. The van der Waals surface area contributed by atoms with E-state index in [0.717, 1.165) is 12.1 Å². The molecule has 6 N–H and O–H groups in total. The largest absolute Gasteiger partial charge is 0.504 e. The average molecular weight is 304 g/mol. The van der Waals surface area contributed by atoms with Gasteiger partial charge in [0.2, 0.25) is 0 Å². The zero-order chi connectivity index (χ0) is 16.3. The molecule has 0 fully saturated rings. The minimum absolute atomic E-state index is 0.0625. The smallest absolute Gasteiger partial charge is 0.335 e. The molecule has 2 aromatic rings. The van der Waals surface area contributed by atoms with Gasteiger partial charge in [0.05, 0.1) is 11.3 Å². The van der Waals surface area contributed by atoms with Crippen LogP contribution in [0.3, 0.4) is 0 Å². The first-order chi connectivity index (χ1) is 10.4. The van der Waals surface area contributed by atoms with Gasteiger partial charge in [-0.2, -0.15) is 0 Å². The van der Waals surface area contributed by atoms with Gasteiger partial charge in [-0.25, -0.2) is 9.59 Å². The van der Waals surface area contributed by atoms with Crippen molar-refractivity contribution >= 4 is 23.4 Å². The van der Waals surface area contributed by atoms with Gasteiger partial charge in [0, 0.05) is 17.8 Å². The summed E-state index contributed by atoms with van der Waals surface area (Å²) in [6.07, 6.45) is 0. The average Bonchev–Trinajstić information content (AvgIpc) is 2.45. The molecule has 0 radical (unpaired) electrons. The summed E-state index contributed by atoms with van der Waals surface area (Å²) < 4.78 is 0. The highest BCUT2D eigenvalue weighted by Gasteiger charge is 2.10. The Kier molecular flexibility index (Phi) is 4.03. The maximum absolute atomic E-state index is 11.7. The van der Waals surface area contributed by atoms with Gasteiger partial charge in [0.25, 0.3) is 0 Å². The van der Waals surface area contributed by atoms with Crippen molar-refractivity contribution in [3.63, 3.8) is 0 Å². The number of hydrogen-bond donors (Lipinski definition) is 6. The highest BCUT2D eigenvalue weighted by atomic mass is 16.4. The standard InChI is InChI=1S/C14H12N2O6/c17-10-5-9(6-11(18)12(10)19)16-14(22)15-8-3-1-7(2-4-8)13(20)21/h1-6,17-19H,(H,20,21)(H2,15,16,22). The molecule has 2 aromatic carbocycles. The third-order valence-corrected chi connectivity index (χ3v) is 2.72. The number of phenolic OH excluding ortho intramolecular Hbond substituents is 3. The Labute approximate surface area is 124 Å². The Hall–Kier alpha value is -3.42. The highest BCUT2D eigenvalue weighted by molar-refractivity contribution is 6.00. The summed E-state index contributed by atoms with van der Waals surface area (Å²) in [4.78, 5) is 22.4. The van der Waals surface area contributed by atoms with Gasteiger partial charge in [-0.1, -0.05) is 0 Å². The van der Waals surface area contributed by atoms with Crippen LogP contribution < -0.4 is 10.6 Å². The number of rotatable bonds is 3. The highest BCUT2D eigenvalue weighted by Crippen LogP contribution is 2.37. The van der Waals surface area contributed by atoms with Gasteiger partial charge in [-0.05, 0) is 24.3 Å². The number of urea groups is 1. The fourth-order valence-corrected chi connectivity index (χ4v) is 1.67. The van der Waals surface area contributed by atoms with E-state index in [2.05, 4.69) is 10.6 Å². The zero-order valence-corrected chi connectivity index (χ0v) is 11.1. The number of carbonyl (C=O) groups excluding carboxylic acids is 1. The summed E-state index contributed by atoms with van der Waals surface area (Å²) in [6, 6.07) is 6.92. The SMILES string of the molecule is O=C(Nc1ccc(C(=O)O)cc1)Nc1cc(O)c(O)c(O)c1. The van der Waals surface area contributed by atoms with Crippen molar-refractivity contribution < 1.29 is 30.0 Å². The Morgan fingerprint density at radius 1 is 0.818 bits per heavy atom. The molecule has 0 saturated carbocycles. The van der Waals surface area contributed by atoms with Crippen LogP contribution in [0.1, 0.15) is 10.4 Å². The van der Waals surface area contributed by atoms with Crippen molar-refractivity contribution in [2.75, 3.05) is 10.6 Å². The fraction of sp³-hybridized carbons (Fsp3) is 0. The lowest BCUT2D eigenvalue weighted by molar-refractivity contribution is 0.0697. The summed E-state index contributed by atoms with van der Waals surface area (Å²) in [5.74, 6) is -2.93. The van der Waals surface area contributed by atoms with E-state index in [1.54, 1.807) is 0 Å². The van der Waals surface area contributed by atoms with Gasteiger partial charge in [0.15, 0.2) is 17.2 Å². The number of aromatic carboxylic acids is 1. The van der Waals surface area contributed by atoms with Crippen LogP contribution in [-0.4, -0.2) is 32.4 Å². The maximum Gasteiger partial charge on any atom is 0.335 e. The fourth-order valence-electron chi connectivity index (χ4n) is 1.67. The summed E-state index contributed by atoms with van der Waals surface area (Å²) in [5, 5.41) is 41.4. The first-order valence-electron chi connectivity index (χ1n) is 6.03. The number of carbonyl (C=O) groups is 2. The molecule has 0 saturated heterocycles. The van der Waals surface area contributed by atoms with Gasteiger partial charge in [0.1, 0.15) is 0 Å². The molecule has 0 aliphatic rings. The van der Waals surface area contributed by atoms with Crippen molar-refractivity contribution in [3.05, 3.63) is 42.0 Å². The molecule has 0 aliphatic heterocycles. The van der Waals surface area contributed by atoms with E-state index in [1.807, 2.05) is 0 Å². The Balaban J connectivity index is 2.05. The molecular formula is C14H12N2O6. The van der Waals surface area contributed by atoms with E-state index in [4.69, 9.17) is 5.11 Å². The van der Waals surface area contributed by atoms with Gasteiger partial charge >= 0.3 is 12.0 Å². The molecule has 0 aliphatic carbocycles. The van der Waals surface area contributed by atoms with Crippen LogP contribution in [0, 0.1) is 0 Å². The number of benzene rings is 2. The van der Waals surface area contributed by atoms with E-state index in [-0.39, 0.29) is 11.3 Å². The minimum Gasteiger partial charge on any atom is -0.504 e.